The molecule has 1 aromatic heterocycles. The van der Waals surface area contributed by atoms with E-state index in [9.17, 15) is 9.59 Å². The highest BCUT2D eigenvalue weighted by atomic mass is 16.5. The van der Waals surface area contributed by atoms with Crippen LogP contribution in [-0.4, -0.2) is 22.6 Å². The molecule has 0 aliphatic carbocycles. The Morgan fingerprint density at radius 2 is 1.78 bits per heavy atom. The number of nitrogens with one attached hydrogen (secondary N) is 2. The van der Waals surface area contributed by atoms with Gasteiger partial charge in [-0.15, -0.1) is 0 Å². The third-order valence-electron chi connectivity index (χ3n) is 4.23. The third-order valence-corrected chi connectivity index (χ3v) is 4.23. The van der Waals surface area contributed by atoms with Gasteiger partial charge in [0.15, 0.2) is 0 Å². The molecule has 0 bridgehead atoms. The second kappa shape index (κ2) is 9.52. The van der Waals surface area contributed by atoms with Gasteiger partial charge in [0.05, 0.1) is 10.9 Å². The van der Waals surface area contributed by atoms with E-state index in [1.54, 1.807) is 6.07 Å². The molecule has 0 radical (unpaired) electrons. The Labute approximate surface area is 157 Å². The number of alkyl carbamates (subject to hydrolysis) is 1. The van der Waals surface area contributed by atoms with Crippen LogP contribution in [0.5, 0.6) is 0 Å². The molecule has 0 atom stereocenters. The van der Waals surface area contributed by atoms with Crippen LogP contribution in [0.15, 0.2) is 59.4 Å². The number of aryl methyl sites for hydroxylation is 1. The number of unbranched alkanes of at least 4 members (excludes halogenated alkanes) is 2. The minimum atomic E-state index is -0.403. The monoisotopic (exact) mass is 365 g/mol. The van der Waals surface area contributed by atoms with Crippen LogP contribution in [0.25, 0.3) is 10.9 Å². The Morgan fingerprint density at radius 1 is 1.00 bits per heavy atom. The molecular formula is C21H23N3O3. The van der Waals surface area contributed by atoms with Crippen molar-refractivity contribution in [3.8, 4) is 0 Å². The van der Waals surface area contributed by atoms with Gasteiger partial charge < -0.3 is 15.0 Å². The Hall–Kier alpha value is -3.15. The lowest BCUT2D eigenvalue weighted by molar-refractivity contribution is 0.139. The number of amides is 1. The molecule has 0 saturated carbocycles. The van der Waals surface area contributed by atoms with Crippen LogP contribution >= 0.6 is 0 Å². The van der Waals surface area contributed by atoms with Crippen molar-refractivity contribution in [2.45, 2.75) is 32.3 Å². The number of aromatic nitrogens is 2. The van der Waals surface area contributed by atoms with Crippen molar-refractivity contribution in [2.75, 3.05) is 6.54 Å². The quantitative estimate of drug-likeness (QED) is 0.598. The number of H-pyrrole nitrogens is 1. The van der Waals surface area contributed by atoms with Gasteiger partial charge in [0.2, 0.25) is 0 Å². The molecule has 2 N–H and O–H groups in total. The number of ether oxygens (including phenoxy) is 1. The molecule has 0 unspecified atom stereocenters. The van der Waals surface area contributed by atoms with Gasteiger partial charge in [0.1, 0.15) is 12.4 Å². The number of benzene rings is 2. The lowest BCUT2D eigenvalue weighted by atomic mass is 10.2. The summed E-state index contributed by atoms with van der Waals surface area (Å²) in [6.45, 7) is 0.836. The predicted molar refractivity (Wildman–Crippen MR) is 105 cm³/mol. The predicted octanol–water partition coefficient (Wildman–Crippen LogP) is 3.56. The molecule has 140 valence electrons. The van der Waals surface area contributed by atoms with E-state index in [1.165, 1.54) is 0 Å². The summed E-state index contributed by atoms with van der Waals surface area (Å²) in [7, 11) is 0. The van der Waals surface area contributed by atoms with Gasteiger partial charge in [-0.2, -0.15) is 0 Å². The SMILES string of the molecule is O=C(NCCCCCc1nc2ccccc2c(=O)[nH]1)OCc1ccccc1. The molecule has 0 aliphatic heterocycles. The van der Waals surface area contributed by atoms with Crippen LogP contribution in [0.2, 0.25) is 0 Å². The molecular weight excluding hydrogens is 342 g/mol. The molecule has 6 nitrogen and oxygen atoms in total. The molecule has 0 aliphatic rings. The molecule has 3 aromatic rings. The Morgan fingerprint density at radius 3 is 2.63 bits per heavy atom. The Kier molecular flexibility index (Phi) is 6.57. The Bertz CT molecular complexity index is 938. The van der Waals surface area contributed by atoms with E-state index in [2.05, 4.69) is 15.3 Å². The van der Waals surface area contributed by atoms with E-state index in [0.29, 0.717) is 24.2 Å². The molecule has 1 amide bonds. The van der Waals surface area contributed by atoms with E-state index in [1.807, 2.05) is 48.5 Å². The summed E-state index contributed by atoms with van der Waals surface area (Å²) in [5.74, 6) is 0.703. The van der Waals surface area contributed by atoms with E-state index in [4.69, 9.17) is 4.74 Å². The fraction of sp³-hybridized carbons (Fsp3) is 0.286. The summed E-state index contributed by atoms with van der Waals surface area (Å²) in [6.07, 6.45) is 2.97. The molecule has 27 heavy (non-hydrogen) atoms. The number of hydrogen-bond acceptors (Lipinski definition) is 4. The largest absolute Gasteiger partial charge is 0.445 e. The second-order valence-electron chi connectivity index (χ2n) is 6.33. The summed E-state index contributed by atoms with van der Waals surface area (Å²) in [5, 5.41) is 3.36. The third kappa shape index (κ3) is 5.67. The van der Waals surface area contributed by atoms with Crippen molar-refractivity contribution in [2.24, 2.45) is 0 Å². The fourth-order valence-corrected chi connectivity index (χ4v) is 2.81. The first-order chi connectivity index (χ1) is 13.2. The molecule has 6 heteroatoms. The van der Waals surface area contributed by atoms with Crippen LogP contribution in [0.3, 0.4) is 0 Å². The zero-order chi connectivity index (χ0) is 18.9. The maximum Gasteiger partial charge on any atom is 0.407 e. The van der Waals surface area contributed by atoms with Crippen LogP contribution in [0, 0.1) is 0 Å². The van der Waals surface area contributed by atoms with Gasteiger partial charge in [0.25, 0.3) is 5.56 Å². The van der Waals surface area contributed by atoms with Crippen molar-refractivity contribution in [3.05, 3.63) is 76.3 Å². The average Bonchev–Trinajstić information content (AvgIpc) is 2.70. The number of carbonyl (C=O) groups is 1. The molecule has 0 fully saturated rings. The average molecular weight is 365 g/mol. The van der Waals surface area contributed by atoms with Crippen LogP contribution < -0.4 is 10.9 Å². The number of fused-ring (bicyclic) bond motifs is 1. The number of para-hydroxylation sites is 1. The number of rotatable bonds is 8. The first-order valence-electron chi connectivity index (χ1n) is 9.15. The zero-order valence-electron chi connectivity index (χ0n) is 15.1. The molecule has 0 saturated heterocycles. The van der Waals surface area contributed by atoms with Crippen LogP contribution in [0.1, 0.15) is 30.7 Å². The van der Waals surface area contributed by atoms with Gasteiger partial charge in [-0.05, 0) is 30.5 Å². The van der Waals surface area contributed by atoms with Crippen molar-refractivity contribution >= 4 is 17.0 Å². The summed E-state index contributed by atoms with van der Waals surface area (Å²) in [6, 6.07) is 16.9. The highest BCUT2D eigenvalue weighted by Crippen LogP contribution is 2.08. The van der Waals surface area contributed by atoms with E-state index < -0.39 is 6.09 Å². The lowest BCUT2D eigenvalue weighted by Gasteiger charge is -2.07. The first kappa shape index (κ1) is 18.6. The van der Waals surface area contributed by atoms with Crippen molar-refractivity contribution < 1.29 is 9.53 Å². The summed E-state index contributed by atoms with van der Waals surface area (Å²) in [5.41, 5.74) is 1.59. The molecule has 0 spiro atoms. The fourth-order valence-electron chi connectivity index (χ4n) is 2.81. The lowest BCUT2D eigenvalue weighted by Crippen LogP contribution is -2.25. The molecule has 1 heterocycles. The number of nitrogens with zero attached hydrogens (tertiary/aromatic N) is 1. The standard InChI is InChI=1S/C21H23N3O3/c25-20-17-11-6-7-12-18(17)23-19(24-20)13-5-2-8-14-22-21(26)27-15-16-9-3-1-4-10-16/h1,3-4,6-7,9-12H,2,5,8,13-15H2,(H,22,26)(H,23,24,25). The van der Waals surface area contributed by atoms with E-state index in [0.717, 1.165) is 30.3 Å². The zero-order valence-corrected chi connectivity index (χ0v) is 15.1. The van der Waals surface area contributed by atoms with E-state index >= 15 is 0 Å². The van der Waals surface area contributed by atoms with Crippen LogP contribution in [0.4, 0.5) is 4.79 Å². The Balaban J connectivity index is 1.32. The number of hydrogen-bond donors (Lipinski definition) is 2. The van der Waals surface area contributed by atoms with Gasteiger partial charge in [-0.25, -0.2) is 9.78 Å². The van der Waals surface area contributed by atoms with Crippen molar-refractivity contribution in [3.63, 3.8) is 0 Å². The smallest absolute Gasteiger partial charge is 0.407 e. The highest BCUT2D eigenvalue weighted by molar-refractivity contribution is 5.77. The normalized spacial score (nSPS) is 10.7. The maximum atomic E-state index is 12.0. The minimum Gasteiger partial charge on any atom is -0.445 e. The summed E-state index contributed by atoms with van der Waals surface area (Å²) < 4.78 is 5.16. The maximum absolute atomic E-state index is 12.0. The highest BCUT2D eigenvalue weighted by Gasteiger charge is 2.04. The van der Waals surface area contributed by atoms with Gasteiger partial charge in [-0.1, -0.05) is 48.9 Å². The minimum absolute atomic E-state index is 0.0987. The van der Waals surface area contributed by atoms with Crippen molar-refractivity contribution in [1.82, 2.24) is 15.3 Å². The summed E-state index contributed by atoms with van der Waals surface area (Å²) >= 11 is 0. The first-order valence-corrected chi connectivity index (χ1v) is 9.15. The topological polar surface area (TPSA) is 84.1 Å². The number of carbonyl (C=O) groups excluding carboxylic acids is 1. The second-order valence-corrected chi connectivity index (χ2v) is 6.33. The molecule has 2 aromatic carbocycles. The van der Waals surface area contributed by atoms with E-state index in [-0.39, 0.29) is 12.2 Å². The van der Waals surface area contributed by atoms with Crippen molar-refractivity contribution in [1.29, 1.82) is 0 Å². The number of aromatic amines is 1. The van der Waals surface area contributed by atoms with Gasteiger partial charge in [0, 0.05) is 13.0 Å². The van der Waals surface area contributed by atoms with Gasteiger partial charge in [-0.3, -0.25) is 4.79 Å². The summed E-state index contributed by atoms with van der Waals surface area (Å²) in [4.78, 5) is 31.0. The van der Waals surface area contributed by atoms with Crippen LogP contribution in [-0.2, 0) is 17.8 Å². The molecule has 3 rings (SSSR count). The van der Waals surface area contributed by atoms with Gasteiger partial charge >= 0.3 is 6.09 Å².